The molecule has 1 aromatic heterocycles. The first-order valence-corrected chi connectivity index (χ1v) is 10.0. The first kappa shape index (κ1) is 21.5. The SMILES string of the molecule is CC[C@H]1C[C@@](O)(C(F)(F)F)[C@@H](Nc2cccc3c(=O)occc23)c2ccc(Cl)c(O)c21. The van der Waals surface area contributed by atoms with Crippen molar-refractivity contribution in [1.82, 2.24) is 0 Å². The Morgan fingerprint density at radius 3 is 2.65 bits per heavy atom. The number of anilines is 1. The molecular formula is C22H19ClF3NO4. The lowest BCUT2D eigenvalue weighted by Crippen LogP contribution is -2.55. The summed E-state index contributed by atoms with van der Waals surface area (Å²) in [6.45, 7) is 1.68. The summed E-state index contributed by atoms with van der Waals surface area (Å²) in [5, 5.41) is 24.9. The number of rotatable bonds is 3. The van der Waals surface area contributed by atoms with Gasteiger partial charge in [0, 0.05) is 16.6 Å². The van der Waals surface area contributed by atoms with Gasteiger partial charge in [0.05, 0.1) is 22.7 Å². The third kappa shape index (κ3) is 3.34. The minimum Gasteiger partial charge on any atom is -0.506 e. The second-order valence-electron chi connectivity index (χ2n) is 7.68. The molecule has 0 fully saturated rings. The van der Waals surface area contributed by atoms with Gasteiger partial charge in [0.25, 0.3) is 0 Å². The van der Waals surface area contributed by atoms with Crippen LogP contribution < -0.4 is 10.9 Å². The molecule has 4 rings (SSSR count). The normalized spacial score (nSPS) is 23.5. The molecule has 3 N–H and O–H groups in total. The van der Waals surface area contributed by atoms with Crippen molar-refractivity contribution in [3.8, 4) is 5.75 Å². The lowest BCUT2D eigenvalue weighted by Gasteiger charge is -2.46. The summed E-state index contributed by atoms with van der Waals surface area (Å²) in [6.07, 6.45) is -4.20. The van der Waals surface area contributed by atoms with Crippen LogP contribution in [-0.4, -0.2) is 22.0 Å². The maximum absolute atomic E-state index is 14.2. The largest absolute Gasteiger partial charge is 0.506 e. The molecule has 9 heteroatoms. The number of fused-ring (bicyclic) bond motifs is 2. The summed E-state index contributed by atoms with van der Waals surface area (Å²) in [7, 11) is 0. The molecule has 0 saturated carbocycles. The molecule has 0 saturated heterocycles. The Hall–Kier alpha value is -2.71. The summed E-state index contributed by atoms with van der Waals surface area (Å²) in [4.78, 5) is 12.0. The van der Waals surface area contributed by atoms with E-state index in [1.54, 1.807) is 6.92 Å². The summed E-state index contributed by atoms with van der Waals surface area (Å²) < 4.78 is 47.4. The van der Waals surface area contributed by atoms with Crippen molar-refractivity contribution >= 4 is 28.1 Å². The smallest absolute Gasteiger partial charge is 0.419 e. The number of hydrogen-bond acceptors (Lipinski definition) is 5. The van der Waals surface area contributed by atoms with Gasteiger partial charge in [-0.25, -0.2) is 4.79 Å². The maximum Gasteiger partial charge on any atom is 0.419 e. The standard InChI is InChI=1S/C22H19ClF3NO4/c1-2-11-10-21(30,22(24,25)26)19(14-6-7-15(23)18(28)17(11)14)27-16-5-3-4-13-12(16)8-9-31-20(13)29/h3-9,11,19,27-28,30H,2,10H2,1H3/t11-,19-,21-/m0/s1. The fraction of sp³-hybridized carbons (Fsp3) is 0.318. The quantitative estimate of drug-likeness (QED) is 0.488. The molecule has 0 spiro atoms. The van der Waals surface area contributed by atoms with Gasteiger partial charge in [-0.1, -0.05) is 30.7 Å². The minimum atomic E-state index is -4.96. The molecular weight excluding hydrogens is 435 g/mol. The van der Waals surface area contributed by atoms with Crippen LogP contribution in [0.15, 0.2) is 51.9 Å². The van der Waals surface area contributed by atoms with Crippen LogP contribution in [0.5, 0.6) is 5.75 Å². The van der Waals surface area contributed by atoms with Crippen LogP contribution in [-0.2, 0) is 0 Å². The van der Waals surface area contributed by atoms with E-state index in [9.17, 15) is 28.2 Å². The van der Waals surface area contributed by atoms with E-state index in [1.807, 2.05) is 0 Å². The van der Waals surface area contributed by atoms with E-state index in [1.165, 1.54) is 36.4 Å². The second-order valence-corrected chi connectivity index (χ2v) is 8.09. The van der Waals surface area contributed by atoms with Gasteiger partial charge in [-0.15, -0.1) is 0 Å². The van der Waals surface area contributed by atoms with E-state index < -0.39 is 35.8 Å². The zero-order valence-corrected chi connectivity index (χ0v) is 17.1. The van der Waals surface area contributed by atoms with Crippen molar-refractivity contribution in [2.24, 2.45) is 0 Å². The van der Waals surface area contributed by atoms with Gasteiger partial charge in [-0.3, -0.25) is 0 Å². The van der Waals surface area contributed by atoms with Crippen LogP contribution in [0.2, 0.25) is 5.02 Å². The van der Waals surface area contributed by atoms with E-state index in [2.05, 4.69) is 5.32 Å². The Kier molecular flexibility index (Phi) is 5.18. The number of aromatic hydroxyl groups is 1. The Morgan fingerprint density at radius 2 is 1.97 bits per heavy atom. The maximum atomic E-state index is 14.2. The fourth-order valence-corrected chi connectivity index (χ4v) is 4.55. The third-order valence-corrected chi connectivity index (χ3v) is 6.28. The van der Waals surface area contributed by atoms with Gasteiger partial charge in [-0.2, -0.15) is 13.2 Å². The van der Waals surface area contributed by atoms with Crippen LogP contribution >= 0.6 is 11.6 Å². The lowest BCUT2D eigenvalue weighted by molar-refractivity contribution is -0.272. The van der Waals surface area contributed by atoms with Crippen LogP contribution in [0.4, 0.5) is 18.9 Å². The average Bonchev–Trinajstić information content (AvgIpc) is 2.72. The van der Waals surface area contributed by atoms with Crippen molar-refractivity contribution in [1.29, 1.82) is 0 Å². The summed E-state index contributed by atoms with van der Waals surface area (Å²) >= 11 is 6.03. The Labute approximate surface area is 180 Å². The number of phenolic OH excluding ortho intramolecular Hbond substituents is 1. The molecule has 31 heavy (non-hydrogen) atoms. The molecule has 1 aliphatic rings. The molecule has 0 bridgehead atoms. The van der Waals surface area contributed by atoms with Crippen LogP contribution in [0.25, 0.3) is 10.8 Å². The van der Waals surface area contributed by atoms with Crippen LogP contribution in [0.3, 0.4) is 0 Å². The fourth-order valence-electron chi connectivity index (χ4n) is 4.39. The number of aliphatic hydroxyl groups is 1. The van der Waals surface area contributed by atoms with E-state index in [0.717, 1.165) is 6.26 Å². The first-order chi connectivity index (χ1) is 14.6. The first-order valence-electron chi connectivity index (χ1n) is 9.66. The van der Waals surface area contributed by atoms with Crippen LogP contribution in [0, 0.1) is 0 Å². The second kappa shape index (κ2) is 7.46. The topological polar surface area (TPSA) is 82.7 Å². The van der Waals surface area contributed by atoms with Gasteiger partial charge in [-0.05, 0) is 48.6 Å². The molecule has 5 nitrogen and oxygen atoms in total. The Bertz CT molecular complexity index is 1210. The molecule has 1 heterocycles. The highest BCUT2D eigenvalue weighted by Gasteiger charge is 2.62. The van der Waals surface area contributed by atoms with E-state index in [4.69, 9.17) is 16.0 Å². The lowest BCUT2D eigenvalue weighted by atomic mass is 9.69. The van der Waals surface area contributed by atoms with Crippen molar-refractivity contribution in [3.05, 3.63) is 69.2 Å². The average molecular weight is 454 g/mol. The number of halogens is 4. The van der Waals surface area contributed by atoms with Gasteiger partial charge >= 0.3 is 11.8 Å². The van der Waals surface area contributed by atoms with E-state index in [0.29, 0.717) is 5.39 Å². The van der Waals surface area contributed by atoms with Gasteiger partial charge < -0.3 is 19.9 Å². The molecule has 0 radical (unpaired) electrons. The number of nitrogens with one attached hydrogen (secondary N) is 1. The Morgan fingerprint density at radius 1 is 1.23 bits per heavy atom. The number of hydrogen-bond donors (Lipinski definition) is 3. The van der Waals surface area contributed by atoms with Crippen LogP contribution in [0.1, 0.15) is 42.9 Å². The van der Waals surface area contributed by atoms with Crippen molar-refractivity contribution in [3.63, 3.8) is 0 Å². The highest BCUT2D eigenvalue weighted by molar-refractivity contribution is 6.32. The highest BCUT2D eigenvalue weighted by atomic mass is 35.5. The molecule has 0 amide bonds. The molecule has 3 aromatic rings. The Balaban J connectivity index is 1.95. The predicted octanol–water partition coefficient (Wildman–Crippen LogP) is 5.50. The zero-order valence-electron chi connectivity index (χ0n) is 16.3. The van der Waals surface area contributed by atoms with Gasteiger partial charge in [0.2, 0.25) is 0 Å². The molecule has 3 atom stereocenters. The monoisotopic (exact) mass is 453 g/mol. The number of alkyl halides is 3. The predicted molar refractivity (Wildman–Crippen MR) is 111 cm³/mol. The minimum absolute atomic E-state index is 0.0242. The molecule has 0 unspecified atom stereocenters. The highest BCUT2D eigenvalue weighted by Crippen LogP contribution is 2.56. The molecule has 2 aromatic carbocycles. The van der Waals surface area contributed by atoms with Gasteiger partial charge in [0.15, 0.2) is 5.60 Å². The third-order valence-electron chi connectivity index (χ3n) is 5.98. The number of phenols is 1. The molecule has 0 aliphatic heterocycles. The van der Waals surface area contributed by atoms with Crippen molar-refractivity contribution in [2.75, 3.05) is 5.32 Å². The summed E-state index contributed by atoms with van der Waals surface area (Å²) in [5.41, 5.74) is -3.16. The van der Waals surface area contributed by atoms with E-state index >= 15 is 0 Å². The van der Waals surface area contributed by atoms with Gasteiger partial charge in [0.1, 0.15) is 5.75 Å². The van der Waals surface area contributed by atoms with Crippen molar-refractivity contribution < 1.29 is 27.8 Å². The van der Waals surface area contributed by atoms with Crippen molar-refractivity contribution in [2.45, 2.75) is 43.5 Å². The number of benzene rings is 2. The zero-order chi connectivity index (χ0) is 22.6. The van der Waals surface area contributed by atoms with E-state index in [-0.39, 0.29) is 39.4 Å². The molecule has 1 aliphatic carbocycles. The summed E-state index contributed by atoms with van der Waals surface area (Å²) in [5.74, 6) is -1.04. The summed E-state index contributed by atoms with van der Waals surface area (Å²) in [6, 6.07) is 7.02. The molecule has 164 valence electrons.